The Hall–Kier alpha value is -2.58. The predicted molar refractivity (Wildman–Crippen MR) is 147 cm³/mol. The summed E-state index contributed by atoms with van der Waals surface area (Å²) in [4.78, 5) is 48.1. The zero-order chi connectivity index (χ0) is 30.2. The summed E-state index contributed by atoms with van der Waals surface area (Å²) in [5.41, 5.74) is 0.359. The molecule has 1 unspecified atom stereocenters. The molecule has 1 rings (SSSR count). The average Bonchev–Trinajstić information content (AvgIpc) is 2.88. The summed E-state index contributed by atoms with van der Waals surface area (Å²) in [6.45, 7) is 18.1. The number of hydrogen-bond acceptors (Lipinski definition) is 11. The van der Waals surface area contributed by atoms with Crippen LogP contribution >= 0.6 is 0 Å². The van der Waals surface area contributed by atoms with Crippen molar-refractivity contribution in [1.82, 2.24) is 0 Å². The van der Waals surface area contributed by atoms with Gasteiger partial charge in [0.2, 0.25) is 0 Å². The molecule has 1 saturated heterocycles. The summed E-state index contributed by atoms with van der Waals surface area (Å²) < 4.78 is 39.3. The lowest BCUT2D eigenvalue weighted by Gasteiger charge is -2.56. The second-order valence-corrected chi connectivity index (χ2v) is 12.1. The van der Waals surface area contributed by atoms with Gasteiger partial charge in [0, 0.05) is 31.0 Å². The van der Waals surface area contributed by atoms with Crippen molar-refractivity contribution in [2.45, 2.75) is 59.5 Å². The summed E-state index contributed by atoms with van der Waals surface area (Å²) in [6, 6.07) is 0. The van der Waals surface area contributed by atoms with Crippen LogP contribution in [-0.4, -0.2) is 109 Å². The molecule has 0 aromatic carbocycles. The molecular weight excluding hydrogens is 542 g/mol. The molecule has 1 aliphatic heterocycles. The van der Waals surface area contributed by atoms with Gasteiger partial charge in [-0.15, -0.1) is 0 Å². The van der Waals surface area contributed by atoms with E-state index in [-0.39, 0.29) is 56.1 Å². The van der Waals surface area contributed by atoms with Crippen molar-refractivity contribution in [2.24, 2.45) is 0 Å². The minimum atomic E-state index is -3.16. The first-order valence-corrected chi connectivity index (χ1v) is 15.5. The van der Waals surface area contributed by atoms with Gasteiger partial charge in [0.15, 0.2) is 5.67 Å². The number of carbonyl (C=O) groups is 4. The molecule has 0 radical (unpaired) electrons. The molecule has 12 nitrogen and oxygen atoms in total. The van der Waals surface area contributed by atoms with E-state index in [2.05, 4.69) is 13.2 Å². The van der Waals surface area contributed by atoms with Gasteiger partial charge in [-0.1, -0.05) is 13.2 Å². The normalized spacial score (nSPS) is 15.9. The lowest BCUT2D eigenvalue weighted by molar-refractivity contribution is -0.979. The standard InChI is InChI=1S/C27H46NO11Si/c1-8-37-40(38-9-2,39-10-3)23-11-14-28(23,15-12-24(29)33-17-19-35-26(31)21(4)5)16-13-25(30)34-18-20-36-27(32)22(6)7/h23H,4,6,8-20H2,1-3,5,7H3/q+1. The number of esters is 4. The highest BCUT2D eigenvalue weighted by Crippen LogP contribution is 2.38. The first-order valence-electron chi connectivity index (χ1n) is 13.7. The van der Waals surface area contributed by atoms with Crippen molar-refractivity contribution in [3.63, 3.8) is 0 Å². The fourth-order valence-electron chi connectivity index (χ4n) is 4.40. The molecule has 0 N–H and O–H groups in total. The molecule has 1 fully saturated rings. The first kappa shape index (κ1) is 35.4. The van der Waals surface area contributed by atoms with E-state index in [0.29, 0.717) is 43.9 Å². The van der Waals surface area contributed by atoms with E-state index in [1.165, 1.54) is 13.8 Å². The van der Waals surface area contributed by atoms with Crippen LogP contribution < -0.4 is 0 Å². The van der Waals surface area contributed by atoms with Crippen LogP contribution in [0.1, 0.15) is 53.9 Å². The molecule has 13 heteroatoms. The molecule has 1 atom stereocenters. The summed E-state index contributed by atoms with van der Waals surface area (Å²) in [6.07, 6.45) is 0.904. The molecular formula is C27H46NO11Si+. The van der Waals surface area contributed by atoms with Crippen LogP contribution in [0.25, 0.3) is 0 Å². The van der Waals surface area contributed by atoms with Crippen molar-refractivity contribution in [3.8, 4) is 0 Å². The van der Waals surface area contributed by atoms with Gasteiger partial charge >= 0.3 is 32.7 Å². The van der Waals surface area contributed by atoms with Gasteiger partial charge in [0.1, 0.15) is 26.4 Å². The zero-order valence-electron chi connectivity index (χ0n) is 24.6. The van der Waals surface area contributed by atoms with Gasteiger partial charge in [0.25, 0.3) is 0 Å². The number of hydrogen-bond donors (Lipinski definition) is 0. The second kappa shape index (κ2) is 18.0. The van der Waals surface area contributed by atoms with E-state index in [1.54, 1.807) is 0 Å². The molecule has 1 heterocycles. The Balaban J connectivity index is 2.88. The minimum Gasteiger partial charge on any atom is -0.462 e. The summed E-state index contributed by atoms with van der Waals surface area (Å²) in [7, 11) is -3.16. The molecule has 0 bridgehead atoms. The number of quaternary nitrogens is 1. The van der Waals surface area contributed by atoms with E-state index >= 15 is 0 Å². The third-order valence-corrected chi connectivity index (χ3v) is 10.1. The maximum absolute atomic E-state index is 12.5. The highest BCUT2D eigenvalue weighted by molar-refractivity contribution is 6.62. The van der Waals surface area contributed by atoms with Crippen LogP contribution in [0.15, 0.2) is 24.3 Å². The molecule has 1 aliphatic rings. The fourth-order valence-corrected chi connectivity index (χ4v) is 7.97. The molecule has 0 aromatic rings. The van der Waals surface area contributed by atoms with Crippen molar-refractivity contribution in [1.29, 1.82) is 0 Å². The van der Waals surface area contributed by atoms with Crippen LogP contribution in [0.4, 0.5) is 0 Å². The van der Waals surface area contributed by atoms with Crippen LogP contribution in [0.5, 0.6) is 0 Å². The Morgan fingerprint density at radius 1 is 0.700 bits per heavy atom. The SMILES string of the molecule is C=C(C)C(=O)OCCOC(=O)CC[N+]1(CCC(=O)OCCOC(=O)C(=C)C)CCC1[Si](OCC)(OCC)OCC. The Bertz CT molecular complexity index is 825. The Kier molecular flexibility index (Phi) is 15.9. The van der Waals surface area contributed by atoms with E-state index in [1.807, 2.05) is 20.8 Å². The largest absolute Gasteiger partial charge is 0.562 e. The van der Waals surface area contributed by atoms with Gasteiger partial charge in [-0.25, -0.2) is 9.59 Å². The van der Waals surface area contributed by atoms with Gasteiger partial charge < -0.3 is 36.7 Å². The van der Waals surface area contributed by atoms with Crippen molar-refractivity contribution < 1.29 is 55.9 Å². The van der Waals surface area contributed by atoms with Gasteiger partial charge in [-0.05, 0) is 34.6 Å². The third kappa shape index (κ3) is 11.1. The quantitative estimate of drug-likeness (QED) is 0.0488. The van der Waals surface area contributed by atoms with Crippen LogP contribution in [0.3, 0.4) is 0 Å². The van der Waals surface area contributed by atoms with E-state index in [0.717, 1.165) is 6.42 Å². The first-order chi connectivity index (χ1) is 19.0. The van der Waals surface area contributed by atoms with Gasteiger partial charge in [-0.3, -0.25) is 9.59 Å². The number of rotatable bonds is 21. The molecule has 40 heavy (non-hydrogen) atoms. The molecule has 0 aliphatic carbocycles. The molecule has 0 amide bonds. The number of carbonyl (C=O) groups excluding carboxylic acids is 4. The number of likely N-dealkylation sites (tertiary alicyclic amines) is 1. The lowest BCUT2D eigenvalue weighted by atomic mass is 10.1. The van der Waals surface area contributed by atoms with E-state index in [9.17, 15) is 19.2 Å². The Labute approximate surface area is 238 Å². The second-order valence-electron chi connectivity index (χ2n) is 9.37. The lowest BCUT2D eigenvalue weighted by Crippen LogP contribution is -2.78. The van der Waals surface area contributed by atoms with Crippen molar-refractivity contribution >= 4 is 32.7 Å². The topological polar surface area (TPSA) is 133 Å². The maximum Gasteiger partial charge on any atom is 0.562 e. The maximum atomic E-state index is 12.5. The fraction of sp³-hybridized carbons (Fsp3) is 0.704. The van der Waals surface area contributed by atoms with Crippen LogP contribution in [-0.2, 0) is 51.4 Å². The summed E-state index contributed by atoms with van der Waals surface area (Å²) in [5.74, 6) is -2.00. The Morgan fingerprint density at radius 2 is 1.07 bits per heavy atom. The van der Waals surface area contributed by atoms with Gasteiger partial charge in [-0.2, -0.15) is 0 Å². The minimum absolute atomic E-state index is 0.0668. The molecule has 0 saturated carbocycles. The van der Waals surface area contributed by atoms with E-state index < -0.39 is 32.7 Å². The zero-order valence-corrected chi connectivity index (χ0v) is 25.6. The average molecular weight is 589 g/mol. The Morgan fingerprint density at radius 3 is 1.38 bits per heavy atom. The van der Waals surface area contributed by atoms with Crippen LogP contribution in [0.2, 0.25) is 0 Å². The predicted octanol–water partition coefficient (Wildman–Crippen LogP) is 2.27. The van der Waals surface area contributed by atoms with Crippen molar-refractivity contribution in [2.75, 3.05) is 65.9 Å². The molecule has 0 aromatic heterocycles. The van der Waals surface area contributed by atoms with Crippen LogP contribution in [0, 0.1) is 0 Å². The third-order valence-electron chi connectivity index (χ3n) is 6.33. The smallest absolute Gasteiger partial charge is 0.462 e. The number of ether oxygens (including phenoxy) is 4. The molecule has 0 spiro atoms. The highest BCUT2D eigenvalue weighted by atomic mass is 28.4. The monoisotopic (exact) mass is 588 g/mol. The summed E-state index contributed by atoms with van der Waals surface area (Å²) in [5, 5.41) is 0. The molecule has 228 valence electrons. The number of nitrogens with zero attached hydrogens (tertiary/aromatic N) is 1. The van der Waals surface area contributed by atoms with Gasteiger partial charge in [0.05, 0.1) is 38.9 Å². The van der Waals surface area contributed by atoms with Crippen molar-refractivity contribution in [3.05, 3.63) is 24.3 Å². The summed E-state index contributed by atoms with van der Waals surface area (Å²) >= 11 is 0. The van der Waals surface area contributed by atoms with E-state index in [4.69, 9.17) is 32.2 Å². The highest BCUT2D eigenvalue weighted by Gasteiger charge is 2.65.